The van der Waals surface area contributed by atoms with Crippen LogP contribution in [-0.4, -0.2) is 56.6 Å². The predicted octanol–water partition coefficient (Wildman–Crippen LogP) is 0.334. The molecular weight excluding hydrogens is 218 g/mol. The third kappa shape index (κ3) is 3.68. The average molecular weight is 236 g/mol. The predicted molar refractivity (Wildman–Crippen MR) is 55.4 cm³/mol. The highest BCUT2D eigenvalue weighted by Crippen LogP contribution is 2.15. The fraction of sp³-hybridized carbons (Fsp3) is 0.900. The van der Waals surface area contributed by atoms with Crippen molar-refractivity contribution in [1.29, 1.82) is 0 Å². The van der Waals surface area contributed by atoms with Crippen LogP contribution in [0.3, 0.4) is 0 Å². The van der Waals surface area contributed by atoms with Crippen LogP contribution in [0, 0.1) is 5.92 Å². The zero-order chi connectivity index (χ0) is 12.1. The van der Waals surface area contributed by atoms with Gasteiger partial charge in [-0.05, 0) is 7.05 Å². The van der Waals surface area contributed by atoms with Crippen LogP contribution in [-0.2, 0) is 9.53 Å². The lowest BCUT2D eigenvalue weighted by molar-refractivity contribution is -0.151. The zero-order valence-electron chi connectivity index (χ0n) is 9.58. The van der Waals surface area contributed by atoms with Gasteiger partial charge in [-0.3, -0.25) is 4.79 Å². The van der Waals surface area contributed by atoms with Crippen molar-refractivity contribution >= 4 is 5.91 Å². The molecule has 1 saturated heterocycles. The van der Waals surface area contributed by atoms with Crippen LogP contribution in [0.5, 0.6) is 0 Å². The third-order valence-electron chi connectivity index (χ3n) is 2.55. The molecular formula is C10H18F2N2O2. The van der Waals surface area contributed by atoms with Gasteiger partial charge in [0.15, 0.2) is 0 Å². The summed E-state index contributed by atoms with van der Waals surface area (Å²) in [6.07, 6.45) is -2.66. The molecule has 0 aromatic rings. The number of amides is 1. The van der Waals surface area contributed by atoms with Crippen LogP contribution in [0.15, 0.2) is 0 Å². The van der Waals surface area contributed by atoms with Gasteiger partial charge in [0, 0.05) is 25.6 Å². The summed E-state index contributed by atoms with van der Waals surface area (Å²) in [5.74, 6) is -0.0349. The summed E-state index contributed by atoms with van der Waals surface area (Å²) in [6, 6.07) is 0. The molecule has 0 aliphatic carbocycles. The van der Waals surface area contributed by atoms with Crippen molar-refractivity contribution in [3.05, 3.63) is 0 Å². The number of carbonyl (C=O) groups excluding carboxylic acids is 1. The monoisotopic (exact) mass is 236 g/mol. The smallest absolute Gasteiger partial charge is 0.261 e. The fourth-order valence-electron chi connectivity index (χ4n) is 1.64. The quantitative estimate of drug-likeness (QED) is 0.723. The third-order valence-corrected chi connectivity index (χ3v) is 2.55. The van der Waals surface area contributed by atoms with Gasteiger partial charge in [-0.25, -0.2) is 8.78 Å². The van der Waals surface area contributed by atoms with Crippen LogP contribution < -0.4 is 5.32 Å². The number of likely N-dealkylation sites (tertiary alicyclic amines) is 1. The van der Waals surface area contributed by atoms with Crippen molar-refractivity contribution in [2.45, 2.75) is 19.5 Å². The zero-order valence-corrected chi connectivity index (χ0v) is 9.58. The Labute approximate surface area is 93.9 Å². The van der Waals surface area contributed by atoms with Gasteiger partial charge >= 0.3 is 0 Å². The van der Waals surface area contributed by atoms with E-state index >= 15 is 0 Å². The lowest BCUT2D eigenvalue weighted by Crippen LogP contribution is -2.57. The SMILES string of the molecule is CNCC(C)C(=O)N1CC(OCC(F)F)C1. The Kier molecular flexibility index (Phi) is 5.08. The average Bonchev–Trinajstić information content (AvgIpc) is 2.14. The van der Waals surface area contributed by atoms with Crippen LogP contribution in [0.25, 0.3) is 0 Å². The first-order chi connectivity index (χ1) is 7.54. The summed E-state index contributed by atoms with van der Waals surface area (Å²) < 4.78 is 28.6. The lowest BCUT2D eigenvalue weighted by atomic mass is 10.1. The second kappa shape index (κ2) is 6.10. The maximum atomic E-state index is 11.8. The van der Waals surface area contributed by atoms with Gasteiger partial charge in [-0.15, -0.1) is 0 Å². The van der Waals surface area contributed by atoms with E-state index in [1.165, 1.54) is 0 Å². The van der Waals surface area contributed by atoms with Crippen LogP contribution in [0.4, 0.5) is 8.78 Å². The fourth-order valence-corrected chi connectivity index (χ4v) is 1.64. The summed E-state index contributed by atoms with van der Waals surface area (Å²) in [4.78, 5) is 13.3. The molecule has 1 atom stereocenters. The molecule has 1 fully saturated rings. The minimum absolute atomic E-state index is 0.0475. The van der Waals surface area contributed by atoms with Crippen molar-refractivity contribution in [1.82, 2.24) is 10.2 Å². The van der Waals surface area contributed by atoms with Crippen LogP contribution >= 0.6 is 0 Å². The highest BCUT2D eigenvalue weighted by molar-refractivity contribution is 5.79. The molecule has 6 heteroatoms. The topological polar surface area (TPSA) is 41.6 Å². The molecule has 1 aliphatic heterocycles. The molecule has 4 nitrogen and oxygen atoms in total. The molecule has 1 aliphatic rings. The van der Waals surface area contributed by atoms with E-state index in [9.17, 15) is 13.6 Å². The summed E-state index contributed by atoms with van der Waals surface area (Å²) in [7, 11) is 1.79. The molecule has 0 saturated carbocycles. The van der Waals surface area contributed by atoms with E-state index in [-0.39, 0.29) is 17.9 Å². The largest absolute Gasteiger partial charge is 0.369 e. The lowest BCUT2D eigenvalue weighted by Gasteiger charge is -2.40. The maximum Gasteiger partial charge on any atom is 0.261 e. The molecule has 1 amide bonds. The van der Waals surface area contributed by atoms with Gasteiger partial charge in [0.1, 0.15) is 6.61 Å². The van der Waals surface area contributed by atoms with Crippen LogP contribution in [0.2, 0.25) is 0 Å². The molecule has 1 unspecified atom stereocenters. The summed E-state index contributed by atoms with van der Waals surface area (Å²) in [5, 5.41) is 2.92. The molecule has 0 spiro atoms. The number of hydrogen-bond acceptors (Lipinski definition) is 3. The van der Waals surface area contributed by atoms with E-state index in [0.29, 0.717) is 19.6 Å². The molecule has 1 N–H and O–H groups in total. The maximum absolute atomic E-state index is 11.8. The number of carbonyl (C=O) groups is 1. The molecule has 0 aromatic carbocycles. The Morgan fingerprint density at radius 3 is 2.69 bits per heavy atom. The summed E-state index contributed by atoms with van der Waals surface area (Å²) >= 11 is 0. The number of rotatable bonds is 6. The summed E-state index contributed by atoms with van der Waals surface area (Å²) in [5.41, 5.74) is 0. The number of halogens is 2. The first kappa shape index (κ1) is 13.3. The molecule has 16 heavy (non-hydrogen) atoms. The van der Waals surface area contributed by atoms with Crippen molar-refractivity contribution in [3.8, 4) is 0 Å². The molecule has 1 rings (SSSR count). The molecule has 94 valence electrons. The minimum atomic E-state index is -2.44. The van der Waals surface area contributed by atoms with E-state index in [1.807, 2.05) is 6.92 Å². The first-order valence-electron chi connectivity index (χ1n) is 5.37. The Balaban J connectivity index is 2.17. The van der Waals surface area contributed by atoms with Gasteiger partial charge in [-0.1, -0.05) is 6.92 Å². The Hall–Kier alpha value is -0.750. The van der Waals surface area contributed by atoms with Gasteiger partial charge in [0.2, 0.25) is 5.91 Å². The molecule has 0 radical (unpaired) electrons. The summed E-state index contributed by atoms with van der Waals surface area (Å²) in [6.45, 7) is 2.78. The van der Waals surface area contributed by atoms with Crippen molar-refractivity contribution in [2.75, 3.05) is 33.3 Å². The number of nitrogens with zero attached hydrogens (tertiary/aromatic N) is 1. The molecule has 0 aromatic heterocycles. The molecule has 1 heterocycles. The van der Waals surface area contributed by atoms with E-state index in [0.717, 1.165) is 0 Å². The second-order valence-electron chi connectivity index (χ2n) is 4.05. The Morgan fingerprint density at radius 1 is 1.56 bits per heavy atom. The number of hydrogen-bond donors (Lipinski definition) is 1. The van der Waals surface area contributed by atoms with E-state index in [4.69, 9.17) is 4.74 Å². The highest BCUT2D eigenvalue weighted by atomic mass is 19.3. The highest BCUT2D eigenvalue weighted by Gasteiger charge is 2.33. The Bertz CT molecular complexity index is 233. The van der Waals surface area contributed by atoms with Gasteiger partial charge in [0.25, 0.3) is 6.43 Å². The first-order valence-corrected chi connectivity index (χ1v) is 5.37. The number of alkyl halides is 2. The van der Waals surface area contributed by atoms with Gasteiger partial charge < -0.3 is 15.0 Å². The van der Waals surface area contributed by atoms with Crippen molar-refractivity contribution in [2.24, 2.45) is 5.92 Å². The number of nitrogens with one attached hydrogen (secondary N) is 1. The molecule has 0 bridgehead atoms. The normalized spacial score (nSPS) is 18.7. The van der Waals surface area contributed by atoms with Crippen LogP contribution in [0.1, 0.15) is 6.92 Å². The Morgan fingerprint density at radius 2 is 2.19 bits per heavy atom. The van der Waals surface area contributed by atoms with E-state index < -0.39 is 13.0 Å². The van der Waals surface area contributed by atoms with Crippen molar-refractivity contribution in [3.63, 3.8) is 0 Å². The van der Waals surface area contributed by atoms with E-state index in [2.05, 4.69) is 5.32 Å². The van der Waals surface area contributed by atoms with Crippen molar-refractivity contribution < 1.29 is 18.3 Å². The van der Waals surface area contributed by atoms with Gasteiger partial charge in [0.05, 0.1) is 6.10 Å². The second-order valence-corrected chi connectivity index (χ2v) is 4.05. The minimum Gasteiger partial charge on any atom is -0.369 e. The number of ether oxygens (including phenoxy) is 1. The standard InChI is InChI=1S/C10H18F2N2O2/c1-7(3-13-2)10(15)14-4-8(5-14)16-6-9(11)12/h7-9,13H,3-6H2,1-2H3. The van der Waals surface area contributed by atoms with E-state index in [1.54, 1.807) is 11.9 Å². The van der Waals surface area contributed by atoms with Gasteiger partial charge in [-0.2, -0.15) is 0 Å².